The maximum Gasteiger partial charge on any atom is 0.220 e. The smallest absolute Gasteiger partial charge is 0.220 e. The summed E-state index contributed by atoms with van der Waals surface area (Å²) in [6.07, 6.45) is 0. The molecule has 0 amide bonds. The fourth-order valence-electron chi connectivity index (χ4n) is 8.62. The number of imidazole rings is 4. The van der Waals surface area contributed by atoms with Gasteiger partial charge in [0.2, 0.25) is 11.6 Å². The molecule has 0 saturated carbocycles. The normalized spacial score (nSPS) is 11.9. The summed E-state index contributed by atoms with van der Waals surface area (Å²) >= 11 is 0. The van der Waals surface area contributed by atoms with E-state index in [-0.39, 0.29) is 0 Å². The zero-order chi connectivity index (χ0) is 36.7. The molecule has 0 saturated heterocycles. The molecule has 0 unspecified atom stereocenters. The average Bonchev–Trinajstić information content (AvgIpc) is 4.00. The lowest BCUT2D eigenvalue weighted by atomic mass is 9.96. The van der Waals surface area contributed by atoms with E-state index in [9.17, 15) is 0 Å². The van der Waals surface area contributed by atoms with Crippen LogP contribution in [0.3, 0.4) is 0 Å². The van der Waals surface area contributed by atoms with Gasteiger partial charge in [0.1, 0.15) is 0 Å². The van der Waals surface area contributed by atoms with Crippen molar-refractivity contribution in [2.75, 3.05) is 0 Å². The van der Waals surface area contributed by atoms with Crippen LogP contribution in [0.4, 0.5) is 0 Å². The Morgan fingerprint density at radius 3 is 1.55 bits per heavy atom. The molecule has 0 bridgehead atoms. The molecule has 0 aliphatic heterocycles. The van der Waals surface area contributed by atoms with Crippen LogP contribution in [0.15, 0.2) is 194 Å². The molecule has 12 rings (SSSR count). The minimum Gasteiger partial charge on any atom is -0.278 e. The van der Waals surface area contributed by atoms with Crippen molar-refractivity contribution >= 4 is 55.7 Å². The third-order valence-corrected chi connectivity index (χ3v) is 11.1. The van der Waals surface area contributed by atoms with Gasteiger partial charge in [0, 0.05) is 16.9 Å². The Morgan fingerprint density at radius 2 is 0.821 bits per heavy atom. The summed E-state index contributed by atoms with van der Waals surface area (Å²) in [7, 11) is 0. The number of aromatic nitrogens is 6. The lowest BCUT2D eigenvalue weighted by molar-refractivity contribution is 1.11. The zero-order valence-corrected chi connectivity index (χ0v) is 30.2. The van der Waals surface area contributed by atoms with E-state index in [1.165, 1.54) is 5.56 Å². The molecule has 0 fully saturated rings. The monoisotopic (exact) mass is 716 g/mol. The fourth-order valence-corrected chi connectivity index (χ4v) is 8.62. The Balaban J connectivity index is 1.18. The molecule has 4 heterocycles. The lowest BCUT2D eigenvalue weighted by Gasteiger charge is -2.13. The molecule has 0 atom stereocenters. The van der Waals surface area contributed by atoms with Crippen LogP contribution in [0.5, 0.6) is 0 Å². The van der Waals surface area contributed by atoms with Crippen molar-refractivity contribution in [1.29, 1.82) is 0 Å². The largest absolute Gasteiger partial charge is 0.278 e. The number of nitrogens with zero attached hydrogens (tertiary/aromatic N) is 6. The molecule has 4 aromatic heterocycles. The summed E-state index contributed by atoms with van der Waals surface area (Å²) in [4.78, 5) is 10.5. The quantitative estimate of drug-likeness (QED) is 0.178. The van der Waals surface area contributed by atoms with Crippen LogP contribution in [0.2, 0.25) is 0 Å². The SMILES string of the molecule is c1ccc(-c2ccc3nc4n(-c5ccccc5)c5ccc(-c6cc(-c7ccccc7)c7c(c6)n6c8ccccc8nc6n7-c6ccccc6)cc5n4c3c2)cc1. The first-order chi connectivity index (χ1) is 27.8. The van der Waals surface area contributed by atoms with Crippen molar-refractivity contribution in [1.82, 2.24) is 27.9 Å². The summed E-state index contributed by atoms with van der Waals surface area (Å²) in [6.45, 7) is 0. The molecule has 12 aromatic rings. The fraction of sp³-hybridized carbons (Fsp3) is 0. The van der Waals surface area contributed by atoms with Crippen molar-refractivity contribution < 1.29 is 0 Å². The Kier molecular flexibility index (Phi) is 6.53. The van der Waals surface area contributed by atoms with Crippen molar-refractivity contribution in [3.63, 3.8) is 0 Å². The Labute approximate surface area is 321 Å². The van der Waals surface area contributed by atoms with Gasteiger partial charge in [-0.05, 0) is 101 Å². The van der Waals surface area contributed by atoms with Gasteiger partial charge in [-0.25, -0.2) is 9.97 Å². The highest BCUT2D eigenvalue weighted by atomic mass is 15.2. The first-order valence-electron chi connectivity index (χ1n) is 18.9. The zero-order valence-electron chi connectivity index (χ0n) is 30.2. The molecule has 0 spiro atoms. The minimum absolute atomic E-state index is 0.885. The number of para-hydroxylation sites is 4. The predicted molar refractivity (Wildman–Crippen MR) is 229 cm³/mol. The molecule has 262 valence electrons. The predicted octanol–water partition coefficient (Wildman–Crippen LogP) is 12.2. The van der Waals surface area contributed by atoms with Crippen LogP contribution in [-0.4, -0.2) is 27.9 Å². The molecule has 8 aromatic carbocycles. The van der Waals surface area contributed by atoms with Crippen molar-refractivity contribution in [2.24, 2.45) is 0 Å². The van der Waals surface area contributed by atoms with E-state index in [4.69, 9.17) is 9.97 Å². The van der Waals surface area contributed by atoms with Gasteiger partial charge >= 0.3 is 0 Å². The molecule has 6 nitrogen and oxygen atoms in total. The topological polar surface area (TPSA) is 44.5 Å². The van der Waals surface area contributed by atoms with E-state index < -0.39 is 0 Å². The third kappa shape index (κ3) is 4.50. The van der Waals surface area contributed by atoms with E-state index in [2.05, 4.69) is 212 Å². The summed E-state index contributed by atoms with van der Waals surface area (Å²) in [5, 5.41) is 0. The van der Waals surface area contributed by atoms with Crippen LogP contribution in [0.25, 0.3) is 100 Å². The molecular formula is C50H32N6. The maximum atomic E-state index is 5.26. The van der Waals surface area contributed by atoms with Gasteiger partial charge in [-0.1, -0.05) is 121 Å². The van der Waals surface area contributed by atoms with Crippen LogP contribution in [0, 0.1) is 0 Å². The standard InChI is InChI=1S/C50H32N6/c1-5-15-33(16-6-1)35-25-27-42-45(30-35)56-46-31-36(26-28-44(46)53(49(56)52-42)38-19-9-3-10-20-38)37-29-40(34-17-7-2-8-18-34)48-47(32-37)55-43-24-14-13-23-41(43)51-50(55)54(48)39-21-11-4-12-22-39/h1-32H. The first kappa shape index (κ1) is 30.7. The van der Waals surface area contributed by atoms with E-state index in [0.717, 1.165) is 94.9 Å². The maximum absolute atomic E-state index is 5.26. The second kappa shape index (κ2) is 11.9. The third-order valence-electron chi connectivity index (χ3n) is 11.1. The molecule has 0 aliphatic carbocycles. The van der Waals surface area contributed by atoms with Crippen molar-refractivity contribution in [3.8, 4) is 44.8 Å². The van der Waals surface area contributed by atoms with E-state index in [0.29, 0.717) is 0 Å². The van der Waals surface area contributed by atoms with Gasteiger partial charge in [0.05, 0.1) is 44.1 Å². The number of hydrogen-bond acceptors (Lipinski definition) is 2. The van der Waals surface area contributed by atoms with Crippen molar-refractivity contribution in [2.45, 2.75) is 0 Å². The van der Waals surface area contributed by atoms with Crippen molar-refractivity contribution in [3.05, 3.63) is 194 Å². The molecule has 6 heteroatoms. The summed E-state index contributed by atoms with van der Waals surface area (Å²) < 4.78 is 9.25. The number of hydrogen-bond donors (Lipinski definition) is 0. The molecular weight excluding hydrogens is 685 g/mol. The Hall–Kier alpha value is -7.70. The van der Waals surface area contributed by atoms with Crippen LogP contribution >= 0.6 is 0 Å². The number of benzene rings is 8. The van der Waals surface area contributed by atoms with Gasteiger partial charge < -0.3 is 0 Å². The lowest BCUT2D eigenvalue weighted by Crippen LogP contribution is -1.96. The number of rotatable bonds is 5. The summed E-state index contributed by atoms with van der Waals surface area (Å²) in [6, 6.07) is 69.0. The second-order valence-electron chi connectivity index (χ2n) is 14.4. The average molecular weight is 717 g/mol. The van der Waals surface area contributed by atoms with Gasteiger partial charge in [-0.2, -0.15) is 0 Å². The highest BCUT2D eigenvalue weighted by Gasteiger charge is 2.23. The highest BCUT2D eigenvalue weighted by Crippen LogP contribution is 2.41. The summed E-state index contributed by atoms with van der Waals surface area (Å²) in [5.74, 6) is 1.77. The van der Waals surface area contributed by atoms with E-state index >= 15 is 0 Å². The van der Waals surface area contributed by atoms with Gasteiger partial charge in [0.15, 0.2) is 0 Å². The van der Waals surface area contributed by atoms with Gasteiger partial charge in [-0.3, -0.25) is 17.9 Å². The second-order valence-corrected chi connectivity index (χ2v) is 14.4. The molecule has 0 aliphatic rings. The summed E-state index contributed by atoms with van der Waals surface area (Å²) in [5.41, 5.74) is 17.5. The van der Waals surface area contributed by atoms with Gasteiger partial charge in [-0.15, -0.1) is 0 Å². The van der Waals surface area contributed by atoms with Gasteiger partial charge in [0.25, 0.3) is 0 Å². The molecule has 0 radical (unpaired) electrons. The van der Waals surface area contributed by atoms with Crippen LogP contribution < -0.4 is 0 Å². The number of fused-ring (bicyclic) bond motifs is 10. The van der Waals surface area contributed by atoms with Crippen LogP contribution in [-0.2, 0) is 0 Å². The molecule has 56 heavy (non-hydrogen) atoms. The van der Waals surface area contributed by atoms with E-state index in [1.807, 2.05) is 0 Å². The van der Waals surface area contributed by atoms with Crippen LogP contribution in [0.1, 0.15) is 0 Å². The van der Waals surface area contributed by atoms with E-state index in [1.54, 1.807) is 0 Å². The highest BCUT2D eigenvalue weighted by molar-refractivity contribution is 6.03. The minimum atomic E-state index is 0.885. The molecule has 0 N–H and O–H groups in total. The first-order valence-corrected chi connectivity index (χ1v) is 18.9. The Bertz CT molecular complexity index is 3440. The Morgan fingerprint density at radius 1 is 0.304 bits per heavy atom.